The summed E-state index contributed by atoms with van der Waals surface area (Å²) in [6.45, 7) is 4.88. The Morgan fingerprint density at radius 1 is 0.964 bits per heavy atom. The molecule has 2 unspecified atom stereocenters. The Balaban J connectivity index is 2.90. The van der Waals surface area contributed by atoms with E-state index in [4.69, 9.17) is 5.73 Å². The fraction of sp³-hybridized carbons (Fsp3) is 0.500. The number of Topliss-reactive ketones (excluding diaryl/α,β-unsaturated/α-hetero) is 1. The van der Waals surface area contributed by atoms with Crippen molar-refractivity contribution in [1.29, 1.82) is 0 Å². The van der Waals surface area contributed by atoms with Crippen LogP contribution in [0, 0.1) is 5.92 Å². The first-order valence-corrected chi connectivity index (χ1v) is 9.33. The third kappa shape index (κ3) is 8.77. The van der Waals surface area contributed by atoms with Gasteiger partial charge in [-0.05, 0) is 24.8 Å². The van der Waals surface area contributed by atoms with Crippen LogP contribution in [0.2, 0.25) is 0 Å². The van der Waals surface area contributed by atoms with Gasteiger partial charge in [0.1, 0.15) is 17.9 Å². The van der Waals surface area contributed by atoms with Crippen molar-refractivity contribution in [3.8, 4) is 0 Å². The molecule has 0 saturated heterocycles. The maximum atomic E-state index is 12.8. The highest BCUT2D eigenvalue weighted by Gasteiger charge is 2.27. The zero-order valence-electron chi connectivity index (χ0n) is 16.7. The van der Waals surface area contributed by atoms with Crippen molar-refractivity contribution in [2.75, 3.05) is 13.1 Å². The van der Waals surface area contributed by atoms with Crippen LogP contribution in [0.15, 0.2) is 30.3 Å². The number of ketones is 1. The smallest absolute Gasteiger partial charge is 0.243 e. The molecule has 0 fully saturated rings. The summed E-state index contributed by atoms with van der Waals surface area (Å²) in [4.78, 5) is 48.1. The highest BCUT2D eigenvalue weighted by Crippen LogP contribution is 2.08. The van der Waals surface area contributed by atoms with Crippen LogP contribution in [0.3, 0.4) is 0 Å². The summed E-state index contributed by atoms with van der Waals surface area (Å²) in [5.41, 5.74) is 6.22. The molecule has 5 N–H and O–H groups in total. The molecule has 0 aliphatic carbocycles. The summed E-state index contributed by atoms with van der Waals surface area (Å²) in [6.07, 6.45) is 0.667. The van der Waals surface area contributed by atoms with E-state index in [-0.39, 0.29) is 31.2 Å². The number of hydrogen-bond donors (Lipinski definition) is 4. The third-order valence-electron chi connectivity index (χ3n) is 3.97. The number of carbonyl (C=O) groups excluding carboxylic acids is 4. The van der Waals surface area contributed by atoms with Crippen LogP contribution in [0.4, 0.5) is 0 Å². The second-order valence-corrected chi connectivity index (χ2v) is 7.12. The van der Waals surface area contributed by atoms with Gasteiger partial charge in [-0.1, -0.05) is 44.2 Å². The zero-order chi connectivity index (χ0) is 21.1. The minimum Gasteiger partial charge on any atom is -0.347 e. The van der Waals surface area contributed by atoms with E-state index in [0.717, 1.165) is 5.56 Å². The van der Waals surface area contributed by atoms with Gasteiger partial charge >= 0.3 is 0 Å². The molecule has 154 valence electrons. The normalized spacial score (nSPS) is 12.8. The Hall–Kier alpha value is -2.74. The molecule has 8 heteroatoms. The molecule has 0 aliphatic heterocycles. The Labute approximate surface area is 165 Å². The molecule has 0 spiro atoms. The minimum absolute atomic E-state index is 0.0966. The summed E-state index contributed by atoms with van der Waals surface area (Å²) in [5, 5.41) is 7.83. The summed E-state index contributed by atoms with van der Waals surface area (Å²) in [6, 6.07) is 7.56. The maximum absolute atomic E-state index is 12.8. The number of nitrogens with one attached hydrogen (secondary N) is 3. The Kier molecular flexibility index (Phi) is 9.87. The molecule has 0 heterocycles. The van der Waals surface area contributed by atoms with Gasteiger partial charge in [-0.15, -0.1) is 0 Å². The van der Waals surface area contributed by atoms with Gasteiger partial charge in [0.05, 0.1) is 13.1 Å². The van der Waals surface area contributed by atoms with E-state index in [1.54, 1.807) is 0 Å². The molecule has 0 saturated carbocycles. The second-order valence-electron chi connectivity index (χ2n) is 7.12. The van der Waals surface area contributed by atoms with Gasteiger partial charge in [0.2, 0.25) is 17.7 Å². The van der Waals surface area contributed by atoms with Gasteiger partial charge in [0.15, 0.2) is 0 Å². The molecule has 0 aromatic heterocycles. The fourth-order valence-electron chi connectivity index (χ4n) is 2.62. The van der Waals surface area contributed by atoms with E-state index in [1.807, 2.05) is 44.2 Å². The van der Waals surface area contributed by atoms with Crippen LogP contribution < -0.4 is 21.7 Å². The average molecular weight is 390 g/mol. The lowest BCUT2D eigenvalue weighted by Gasteiger charge is -2.24. The Bertz CT molecular complexity index is 676. The van der Waals surface area contributed by atoms with Crippen LogP contribution in [-0.4, -0.2) is 48.7 Å². The Morgan fingerprint density at radius 2 is 1.61 bits per heavy atom. The van der Waals surface area contributed by atoms with Crippen LogP contribution in [0.1, 0.15) is 32.8 Å². The average Bonchev–Trinajstić information content (AvgIpc) is 2.65. The molecule has 0 aliphatic rings. The van der Waals surface area contributed by atoms with Gasteiger partial charge in [0, 0.05) is 6.42 Å². The van der Waals surface area contributed by atoms with E-state index in [1.165, 1.54) is 6.92 Å². The van der Waals surface area contributed by atoms with Crippen molar-refractivity contribution in [1.82, 2.24) is 16.0 Å². The third-order valence-corrected chi connectivity index (χ3v) is 3.97. The first-order valence-electron chi connectivity index (χ1n) is 9.33. The van der Waals surface area contributed by atoms with E-state index in [2.05, 4.69) is 16.0 Å². The van der Waals surface area contributed by atoms with E-state index >= 15 is 0 Å². The molecule has 3 amide bonds. The highest BCUT2D eigenvalue weighted by atomic mass is 16.2. The number of carbonyl (C=O) groups is 4. The molecule has 0 radical (unpaired) electrons. The zero-order valence-corrected chi connectivity index (χ0v) is 16.7. The molecule has 2 atom stereocenters. The quantitative estimate of drug-likeness (QED) is 0.419. The van der Waals surface area contributed by atoms with Crippen molar-refractivity contribution >= 4 is 23.5 Å². The van der Waals surface area contributed by atoms with Crippen molar-refractivity contribution in [2.45, 2.75) is 45.7 Å². The largest absolute Gasteiger partial charge is 0.347 e. The summed E-state index contributed by atoms with van der Waals surface area (Å²) in [7, 11) is 0. The lowest BCUT2D eigenvalue weighted by atomic mass is 10.0. The maximum Gasteiger partial charge on any atom is 0.243 e. The highest BCUT2D eigenvalue weighted by molar-refractivity contribution is 5.93. The van der Waals surface area contributed by atoms with Gasteiger partial charge in [-0.25, -0.2) is 0 Å². The molecular formula is C20H30N4O4. The SMILES string of the molecule is CC(=O)CNC(=O)C(CC(C)C)NC(=O)C(Cc1ccccc1)NC(=O)CN. The van der Waals surface area contributed by atoms with Crippen LogP contribution in [0.25, 0.3) is 0 Å². The number of hydrogen-bond acceptors (Lipinski definition) is 5. The predicted molar refractivity (Wildman–Crippen MR) is 106 cm³/mol. The molecular weight excluding hydrogens is 360 g/mol. The number of benzene rings is 1. The van der Waals surface area contributed by atoms with E-state index < -0.39 is 29.8 Å². The Morgan fingerprint density at radius 3 is 2.14 bits per heavy atom. The summed E-state index contributed by atoms with van der Waals surface area (Å²) >= 11 is 0. The molecule has 8 nitrogen and oxygen atoms in total. The molecule has 0 bridgehead atoms. The van der Waals surface area contributed by atoms with Gasteiger partial charge in [-0.3, -0.25) is 19.2 Å². The minimum atomic E-state index is -0.867. The fourth-order valence-corrected chi connectivity index (χ4v) is 2.62. The first-order chi connectivity index (χ1) is 13.2. The topological polar surface area (TPSA) is 130 Å². The van der Waals surface area contributed by atoms with Crippen LogP contribution in [0.5, 0.6) is 0 Å². The summed E-state index contributed by atoms with van der Waals surface area (Å²) in [5.74, 6) is -1.41. The predicted octanol–water partition coefficient (Wildman–Crippen LogP) is -0.0913. The van der Waals surface area contributed by atoms with Crippen molar-refractivity contribution < 1.29 is 19.2 Å². The van der Waals surface area contributed by atoms with Crippen molar-refractivity contribution in [3.05, 3.63) is 35.9 Å². The lowest BCUT2D eigenvalue weighted by Crippen LogP contribution is -2.55. The number of nitrogens with two attached hydrogens (primary N) is 1. The van der Waals surface area contributed by atoms with Crippen LogP contribution in [-0.2, 0) is 25.6 Å². The lowest BCUT2D eigenvalue weighted by molar-refractivity contribution is -0.132. The number of amides is 3. The molecule has 28 heavy (non-hydrogen) atoms. The van der Waals surface area contributed by atoms with Gasteiger partial charge in [0.25, 0.3) is 0 Å². The second kappa shape index (κ2) is 11.9. The molecule has 1 aromatic carbocycles. The van der Waals surface area contributed by atoms with Crippen molar-refractivity contribution in [3.63, 3.8) is 0 Å². The standard InChI is InChI=1S/C20H30N4O4/c1-13(2)9-16(19(27)22-12-14(3)25)24-20(28)17(23-18(26)11-21)10-15-7-5-4-6-8-15/h4-8,13,16-17H,9-12,21H2,1-3H3,(H,22,27)(H,23,26)(H,24,28). The summed E-state index contributed by atoms with van der Waals surface area (Å²) < 4.78 is 0. The number of rotatable bonds is 11. The van der Waals surface area contributed by atoms with Crippen molar-refractivity contribution in [2.24, 2.45) is 11.7 Å². The molecule has 1 rings (SSSR count). The van der Waals surface area contributed by atoms with Gasteiger partial charge < -0.3 is 21.7 Å². The monoisotopic (exact) mass is 390 g/mol. The first kappa shape index (κ1) is 23.3. The van der Waals surface area contributed by atoms with Crippen LogP contribution >= 0.6 is 0 Å². The van der Waals surface area contributed by atoms with Gasteiger partial charge in [-0.2, -0.15) is 0 Å². The van der Waals surface area contributed by atoms with E-state index in [9.17, 15) is 19.2 Å². The molecule has 1 aromatic rings. The van der Waals surface area contributed by atoms with E-state index in [0.29, 0.717) is 6.42 Å².